The maximum atomic E-state index is 5.76. The van der Waals surface area contributed by atoms with Crippen LogP contribution in [0.15, 0.2) is 48.5 Å². The minimum atomic E-state index is -0.113. The summed E-state index contributed by atoms with van der Waals surface area (Å²) in [6, 6.07) is 16.6. The van der Waals surface area contributed by atoms with Crippen molar-refractivity contribution < 1.29 is 9.47 Å². The molecule has 1 aliphatic heterocycles. The lowest BCUT2D eigenvalue weighted by molar-refractivity contribution is -0.0389. The molecule has 3 rings (SSSR count). The quantitative estimate of drug-likeness (QED) is 0.927. The Balaban J connectivity index is 2.11. The molecule has 2 aromatic carbocycles. The molecule has 0 aliphatic carbocycles. The van der Waals surface area contributed by atoms with E-state index in [-0.39, 0.29) is 5.41 Å². The fourth-order valence-electron chi connectivity index (χ4n) is 2.82. The van der Waals surface area contributed by atoms with Crippen molar-refractivity contribution in [3.63, 3.8) is 0 Å². The summed E-state index contributed by atoms with van der Waals surface area (Å²) in [4.78, 5) is 0. The number of nitrogens with two attached hydrogens (primary N) is 1. The monoisotopic (exact) mass is 269 g/mol. The Hall–Kier alpha value is -1.84. The Kier molecular flexibility index (Phi) is 3.47. The highest BCUT2D eigenvalue weighted by Gasteiger charge is 2.43. The molecule has 1 heterocycles. The van der Waals surface area contributed by atoms with E-state index in [0.29, 0.717) is 19.8 Å². The maximum absolute atomic E-state index is 5.76. The number of ether oxygens (including phenoxy) is 2. The van der Waals surface area contributed by atoms with Gasteiger partial charge < -0.3 is 15.2 Å². The van der Waals surface area contributed by atoms with E-state index in [1.165, 1.54) is 11.1 Å². The Labute approximate surface area is 119 Å². The molecule has 0 bridgehead atoms. The number of methoxy groups -OCH3 is 1. The second kappa shape index (κ2) is 5.27. The van der Waals surface area contributed by atoms with Gasteiger partial charge in [0, 0.05) is 12.1 Å². The van der Waals surface area contributed by atoms with Crippen molar-refractivity contribution in [1.29, 1.82) is 0 Å². The van der Waals surface area contributed by atoms with Crippen LogP contribution in [0.3, 0.4) is 0 Å². The molecule has 2 N–H and O–H groups in total. The molecule has 20 heavy (non-hydrogen) atoms. The second-order valence-corrected chi connectivity index (χ2v) is 5.18. The predicted octanol–water partition coefficient (Wildman–Crippen LogP) is 2.47. The third-order valence-electron chi connectivity index (χ3n) is 4.03. The summed E-state index contributed by atoms with van der Waals surface area (Å²) in [5, 5.41) is 0. The fourth-order valence-corrected chi connectivity index (χ4v) is 2.82. The third-order valence-corrected chi connectivity index (χ3v) is 4.03. The topological polar surface area (TPSA) is 44.5 Å². The summed E-state index contributed by atoms with van der Waals surface area (Å²) < 4.78 is 11.1. The lowest BCUT2D eigenvalue weighted by Gasteiger charge is -2.43. The van der Waals surface area contributed by atoms with E-state index in [1.807, 2.05) is 18.2 Å². The Morgan fingerprint density at radius 3 is 2.60 bits per heavy atom. The summed E-state index contributed by atoms with van der Waals surface area (Å²) in [5.74, 6) is 0.911. The fraction of sp³-hybridized carbons (Fsp3) is 0.294. The van der Waals surface area contributed by atoms with Crippen LogP contribution >= 0.6 is 0 Å². The maximum Gasteiger partial charge on any atom is 0.123 e. The highest BCUT2D eigenvalue weighted by atomic mass is 16.5. The van der Waals surface area contributed by atoms with E-state index >= 15 is 0 Å². The third kappa shape index (κ3) is 1.99. The highest BCUT2D eigenvalue weighted by molar-refractivity contribution is 5.49. The number of para-hydroxylation sites is 1. The predicted molar refractivity (Wildman–Crippen MR) is 78.9 cm³/mol. The van der Waals surface area contributed by atoms with Crippen LogP contribution in [0.4, 0.5) is 0 Å². The smallest absolute Gasteiger partial charge is 0.123 e. The van der Waals surface area contributed by atoms with Gasteiger partial charge in [0.05, 0.1) is 25.7 Å². The zero-order valence-corrected chi connectivity index (χ0v) is 11.6. The molecular formula is C17H19NO2. The van der Waals surface area contributed by atoms with Crippen LogP contribution in [-0.4, -0.2) is 20.3 Å². The molecule has 0 unspecified atom stereocenters. The molecule has 0 aromatic heterocycles. The van der Waals surface area contributed by atoms with Crippen molar-refractivity contribution in [1.82, 2.24) is 0 Å². The van der Waals surface area contributed by atoms with Gasteiger partial charge in [-0.2, -0.15) is 0 Å². The van der Waals surface area contributed by atoms with Crippen LogP contribution in [0.1, 0.15) is 16.7 Å². The van der Waals surface area contributed by atoms with Crippen molar-refractivity contribution in [2.24, 2.45) is 5.73 Å². The summed E-state index contributed by atoms with van der Waals surface area (Å²) in [7, 11) is 1.71. The number of hydrogen-bond donors (Lipinski definition) is 1. The molecule has 3 nitrogen and oxygen atoms in total. The van der Waals surface area contributed by atoms with Gasteiger partial charge in [-0.15, -0.1) is 0 Å². The van der Waals surface area contributed by atoms with Gasteiger partial charge in [0.2, 0.25) is 0 Å². The van der Waals surface area contributed by atoms with Crippen LogP contribution in [-0.2, 0) is 16.7 Å². The van der Waals surface area contributed by atoms with E-state index in [9.17, 15) is 0 Å². The van der Waals surface area contributed by atoms with Gasteiger partial charge in [0.25, 0.3) is 0 Å². The van der Waals surface area contributed by atoms with Gasteiger partial charge in [0.1, 0.15) is 5.75 Å². The van der Waals surface area contributed by atoms with E-state index < -0.39 is 0 Å². The summed E-state index contributed by atoms with van der Waals surface area (Å²) >= 11 is 0. The zero-order chi connectivity index (χ0) is 14.0. The van der Waals surface area contributed by atoms with E-state index in [4.69, 9.17) is 15.2 Å². The standard InChI is InChI=1S/C17H19NO2/c1-19-16-8-3-2-7-15(16)17(11-20-12-17)14-6-4-5-13(9-14)10-18/h2-9H,10-12,18H2,1H3. The molecule has 3 heteroatoms. The minimum absolute atomic E-state index is 0.113. The Morgan fingerprint density at radius 1 is 1.15 bits per heavy atom. The van der Waals surface area contributed by atoms with Crippen molar-refractivity contribution in [3.05, 3.63) is 65.2 Å². The Morgan fingerprint density at radius 2 is 1.95 bits per heavy atom. The average Bonchev–Trinajstić information content (AvgIpc) is 2.47. The molecule has 0 radical (unpaired) electrons. The van der Waals surface area contributed by atoms with E-state index in [0.717, 1.165) is 11.3 Å². The first-order chi connectivity index (χ1) is 9.80. The van der Waals surface area contributed by atoms with E-state index in [1.54, 1.807) is 7.11 Å². The van der Waals surface area contributed by atoms with Gasteiger partial charge in [0.15, 0.2) is 0 Å². The first-order valence-electron chi connectivity index (χ1n) is 6.81. The molecular weight excluding hydrogens is 250 g/mol. The lowest BCUT2D eigenvalue weighted by Crippen LogP contribution is -2.47. The van der Waals surface area contributed by atoms with Gasteiger partial charge in [-0.1, -0.05) is 42.5 Å². The summed E-state index contributed by atoms with van der Waals surface area (Å²) in [5.41, 5.74) is 9.22. The largest absolute Gasteiger partial charge is 0.496 e. The molecule has 0 saturated carbocycles. The lowest BCUT2D eigenvalue weighted by atomic mass is 9.72. The normalized spacial score (nSPS) is 16.5. The molecule has 1 fully saturated rings. The molecule has 0 atom stereocenters. The van der Waals surface area contributed by atoms with Crippen molar-refractivity contribution in [2.45, 2.75) is 12.0 Å². The minimum Gasteiger partial charge on any atom is -0.496 e. The van der Waals surface area contributed by atoms with Crippen LogP contribution in [0.2, 0.25) is 0 Å². The molecule has 0 spiro atoms. The van der Waals surface area contributed by atoms with Gasteiger partial charge in [-0.05, 0) is 17.2 Å². The first kappa shape index (κ1) is 13.2. The molecule has 2 aromatic rings. The molecule has 1 aliphatic rings. The van der Waals surface area contributed by atoms with E-state index in [2.05, 4.69) is 30.3 Å². The molecule has 0 amide bonds. The van der Waals surface area contributed by atoms with Crippen molar-refractivity contribution in [2.75, 3.05) is 20.3 Å². The van der Waals surface area contributed by atoms with Crippen LogP contribution in [0.5, 0.6) is 5.75 Å². The SMILES string of the molecule is COc1ccccc1C1(c2cccc(CN)c2)COC1. The van der Waals surface area contributed by atoms with Crippen LogP contribution in [0, 0.1) is 0 Å². The van der Waals surface area contributed by atoms with Gasteiger partial charge >= 0.3 is 0 Å². The number of benzene rings is 2. The van der Waals surface area contributed by atoms with Crippen LogP contribution < -0.4 is 10.5 Å². The van der Waals surface area contributed by atoms with Gasteiger partial charge in [-0.25, -0.2) is 0 Å². The number of hydrogen-bond acceptors (Lipinski definition) is 3. The highest BCUT2D eigenvalue weighted by Crippen LogP contribution is 2.43. The summed E-state index contributed by atoms with van der Waals surface area (Å²) in [6.07, 6.45) is 0. The zero-order valence-electron chi connectivity index (χ0n) is 11.6. The molecule has 104 valence electrons. The number of rotatable bonds is 4. The first-order valence-corrected chi connectivity index (χ1v) is 6.81. The van der Waals surface area contributed by atoms with Crippen molar-refractivity contribution >= 4 is 0 Å². The Bertz CT molecular complexity index is 605. The van der Waals surface area contributed by atoms with Gasteiger partial charge in [-0.3, -0.25) is 0 Å². The van der Waals surface area contributed by atoms with Crippen LogP contribution in [0.25, 0.3) is 0 Å². The van der Waals surface area contributed by atoms with Crippen molar-refractivity contribution in [3.8, 4) is 5.75 Å². The molecule has 1 saturated heterocycles. The second-order valence-electron chi connectivity index (χ2n) is 5.18. The average molecular weight is 269 g/mol. The summed E-state index contributed by atoms with van der Waals surface area (Å²) in [6.45, 7) is 1.92.